The van der Waals surface area contributed by atoms with Gasteiger partial charge in [0.25, 0.3) is 11.7 Å². The third-order valence-electron chi connectivity index (χ3n) is 13.2. The van der Waals surface area contributed by atoms with Crippen LogP contribution in [0.15, 0.2) is 35.4 Å². The fourth-order valence-electron chi connectivity index (χ4n) is 9.10. The van der Waals surface area contributed by atoms with Crippen LogP contribution in [-0.4, -0.2) is 144 Å². The lowest BCUT2D eigenvalue weighted by atomic mass is 9.79. The van der Waals surface area contributed by atoms with Gasteiger partial charge in [0.05, 0.1) is 41.3 Å². The molecule has 1 amide bonds. The van der Waals surface area contributed by atoms with E-state index < -0.39 is 117 Å². The largest absolute Gasteiger partial charge is 0.507 e. The van der Waals surface area contributed by atoms with Crippen LogP contribution in [0.2, 0.25) is 0 Å². The maximum absolute atomic E-state index is 14.7. The number of piperazine rings is 1. The molecule has 338 valence electrons. The minimum Gasteiger partial charge on any atom is -0.507 e. The molecular weight excluding hydrogens is 805 g/mol. The molecule has 0 unspecified atom stereocenters. The summed E-state index contributed by atoms with van der Waals surface area (Å²) in [4.78, 5) is 87.8. The van der Waals surface area contributed by atoms with Gasteiger partial charge >= 0.3 is 11.8 Å². The van der Waals surface area contributed by atoms with E-state index in [0.717, 1.165) is 32.3 Å². The van der Waals surface area contributed by atoms with Crippen molar-refractivity contribution >= 4 is 35.0 Å². The van der Waals surface area contributed by atoms with E-state index in [9.17, 15) is 44.1 Å². The van der Waals surface area contributed by atoms with Crippen LogP contribution in [0.1, 0.15) is 91.0 Å². The lowest BCUT2D eigenvalue weighted by Gasteiger charge is -2.37. The molecule has 1 aromatic carbocycles. The normalized spacial score (nSPS) is 33.8. The number of allylic oxidation sites excluding steroid dienone is 3. The Balaban J connectivity index is 1.41. The number of rotatable bonds is 7. The second-order valence-electron chi connectivity index (χ2n) is 17.6. The quantitative estimate of drug-likeness (QED) is 0.195. The lowest BCUT2D eigenvalue weighted by molar-refractivity contribution is -0.160. The number of Topliss-reactive ketones (excluding diaryl/α,β-unsaturated/α-hetero) is 3. The van der Waals surface area contributed by atoms with Gasteiger partial charge in [-0.05, 0) is 58.4 Å². The Morgan fingerprint density at radius 3 is 2.29 bits per heavy atom. The Hall–Kier alpha value is -4.94. The van der Waals surface area contributed by atoms with E-state index in [1.807, 2.05) is 0 Å². The Kier molecular flexibility index (Phi) is 13.8. The number of aliphatic hydroxyl groups excluding tert-OH is 2. The number of carbonyl (C=O) groups is 6. The van der Waals surface area contributed by atoms with E-state index in [2.05, 4.69) is 27.5 Å². The van der Waals surface area contributed by atoms with Crippen molar-refractivity contribution in [3.8, 4) is 11.5 Å². The molecule has 0 radical (unpaired) electrons. The lowest BCUT2D eigenvalue weighted by Crippen LogP contribution is -2.46. The second-order valence-corrected chi connectivity index (χ2v) is 17.6. The van der Waals surface area contributed by atoms with Crippen LogP contribution in [0.5, 0.6) is 11.5 Å². The minimum absolute atomic E-state index is 0.0263. The first-order chi connectivity index (χ1) is 29.2. The van der Waals surface area contributed by atoms with E-state index in [1.165, 1.54) is 47.1 Å². The summed E-state index contributed by atoms with van der Waals surface area (Å²) in [5, 5.41) is 40.1. The zero-order chi connectivity index (χ0) is 45.5. The van der Waals surface area contributed by atoms with Gasteiger partial charge in [0.2, 0.25) is 11.6 Å². The van der Waals surface area contributed by atoms with E-state index in [4.69, 9.17) is 18.9 Å². The SMILES string of the molecule is CO[C@H]1/C=C/O[C@@]2(C)Oc3c(C)c(O)c4c(c3C2=O)C(=O)C(NCCCN2CCN(C)CC2)=C(NC(=O)/C(C)=C\C(=O)[C@@H]2C[C@@H]2[C@H](O)[C@@H](C)[C@@H](O)[C@@H](C)[C@H](OC(C)=O)[C@@H]1C)C4=O. The van der Waals surface area contributed by atoms with Crippen LogP contribution in [0.3, 0.4) is 0 Å². The predicted octanol–water partition coefficient (Wildman–Crippen LogP) is 2.20. The third-order valence-corrected chi connectivity index (χ3v) is 13.2. The average Bonchev–Trinajstić information content (AvgIpc) is 4.00. The van der Waals surface area contributed by atoms with Crippen molar-refractivity contribution in [2.75, 3.05) is 53.4 Å². The molecule has 1 saturated heterocycles. The number of carbonyl (C=O) groups excluding carboxylic acids is 6. The van der Waals surface area contributed by atoms with Gasteiger partial charge < -0.3 is 54.7 Å². The summed E-state index contributed by atoms with van der Waals surface area (Å²) in [6.45, 7) is 14.8. The molecular formula is C45H60N4O13. The first-order valence-corrected chi connectivity index (χ1v) is 21.3. The maximum atomic E-state index is 14.7. The summed E-state index contributed by atoms with van der Waals surface area (Å²) in [7, 11) is 3.47. The number of nitrogens with one attached hydrogen (secondary N) is 2. The minimum atomic E-state index is -2.10. The summed E-state index contributed by atoms with van der Waals surface area (Å²) in [5.74, 6) is -10.8. The molecule has 10 atom stereocenters. The van der Waals surface area contributed by atoms with Gasteiger partial charge in [0, 0.05) is 88.5 Å². The van der Waals surface area contributed by atoms with Crippen LogP contribution in [0, 0.1) is 36.5 Å². The molecule has 0 aromatic heterocycles. The van der Waals surface area contributed by atoms with Gasteiger partial charge in [-0.15, -0.1) is 0 Å². The van der Waals surface area contributed by atoms with Gasteiger partial charge in [0.1, 0.15) is 29.0 Å². The summed E-state index contributed by atoms with van der Waals surface area (Å²) in [6, 6.07) is 0. The van der Waals surface area contributed by atoms with Gasteiger partial charge in [-0.3, -0.25) is 28.8 Å². The van der Waals surface area contributed by atoms with Crippen molar-refractivity contribution < 1.29 is 63.0 Å². The smallest absolute Gasteiger partial charge is 0.312 e. The Morgan fingerprint density at radius 2 is 1.65 bits per heavy atom. The molecule has 17 nitrogen and oxygen atoms in total. The van der Waals surface area contributed by atoms with Crippen molar-refractivity contribution in [1.29, 1.82) is 0 Å². The number of esters is 1. The first kappa shape index (κ1) is 46.6. The molecule has 5 N–H and O–H groups in total. The van der Waals surface area contributed by atoms with E-state index in [-0.39, 0.29) is 34.7 Å². The number of hydrogen-bond acceptors (Lipinski definition) is 16. The van der Waals surface area contributed by atoms with Gasteiger partial charge in [-0.2, -0.15) is 0 Å². The van der Waals surface area contributed by atoms with Crippen molar-refractivity contribution in [3.05, 3.63) is 57.6 Å². The van der Waals surface area contributed by atoms with E-state index in [0.29, 0.717) is 19.4 Å². The van der Waals surface area contributed by atoms with Crippen molar-refractivity contribution in [1.82, 2.24) is 20.4 Å². The molecule has 17 heteroatoms. The molecule has 1 saturated carbocycles. The molecule has 4 aliphatic heterocycles. The number of benzene rings is 1. The highest BCUT2D eigenvalue weighted by atomic mass is 16.7. The number of ether oxygens (including phenoxy) is 4. The summed E-state index contributed by atoms with van der Waals surface area (Å²) in [6.07, 6.45) is 0.475. The summed E-state index contributed by atoms with van der Waals surface area (Å²) in [5.41, 5.74) is -2.09. The first-order valence-electron chi connectivity index (χ1n) is 21.3. The van der Waals surface area contributed by atoms with E-state index >= 15 is 0 Å². The van der Waals surface area contributed by atoms with Gasteiger partial charge in [0.15, 0.2) is 5.78 Å². The second kappa shape index (κ2) is 18.4. The highest BCUT2D eigenvalue weighted by Gasteiger charge is 2.53. The topological polar surface area (TPSA) is 231 Å². The molecule has 62 heavy (non-hydrogen) atoms. The van der Waals surface area contributed by atoms with Crippen molar-refractivity contribution in [2.45, 2.75) is 91.5 Å². The predicted molar refractivity (Wildman–Crippen MR) is 223 cm³/mol. The standard InChI is InChI=1S/C45H60N4O13/c1-21-19-29(51)27-20-28(27)37(53)23(3)36(52)24(4)41(61-26(6)50)22(2)30(59-9)11-18-60-45(7)43(57)33-31-32(38(54)25(5)42(33)62-45)40(56)35(47-44(21)58)34(39(31)55)46-12-10-13-49-16-14-48(8)15-17-49/h11,18-19,22-24,27-28,30,36-37,41,46,52-54H,10,12-17,20H2,1-9H3,(H,47,58)/b18-11+,21-19-/t22-,23+,24-,27-,28+,30+,36-,37-,41-,45+/m1/s1. The molecule has 0 spiro atoms. The van der Waals surface area contributed by atoms with Crippen molar-refractivity contribution in [2.24, 2.45) is 29.6 Å². The maximum Gasteiger partial charge on any atom is 0.312 e. The molecule has 1 aromatic rings. The number of hydrogen-bond donors (Lipinski definition) is 5. The molecule has 6 aliphatic rings. The number of aliphatic hydroxyl groups is 2. The number of aromatic hydroxyl groups is 1. The average molecular weight is 865 g/mol. The number of phenols is 1. The number of phenolic OH excluding ortho intramolecular Hbond substituents is 1. The third kappa shape index (κ3) is 8.95. The van der Waals surface area contributed by atoms with Crippen LogP contribution < -0.4 is 15.4 Å². The highest BCUT2D eigenvalue weighted by molar-refractivity contribution is 6.32. The highest BCUT2D eigenvalue weighted by Crippen LogP contribution is 2.49. The fraction of sp³-hybridized carbons (Fsp3) is 0.600. The molecule has 5 bridgehead atoms. The van der Waals surface area contributed by atoms with Crippen LogP contribution in [0.4, 0.5) is 0 Å². The summed E-state index contributed by atoms with van der Waals surface area (Å²) >= 11 is 0. The Bertz CT molecular complexity index is 2110. The Morgan fingerprint density at radius 1 is 0.968 bits per heavy atom. The number of methoxy groups -OCH3 is 1. The van der Waals surface area contributed by atoms with Crippen LogP contribution in [-0.2, 0) is 28.6 Å². The van der Waals surface area contributed by atoms with Crippen molar-refractivity contribution in [3.63, 3.8) is 0 Å². The molecule has 2 aliphatic carbocycles. The number of nitrogens with zero attached hydrogens (tertiary/aromatic N) is 2. The Labute approximate surface area is 361 Å². The van der Waals surface area contributed by atoms with Crippen LogP contribution >= 0.6 is 0 Å². The number of amides is 1. The molecule has 4 heterocycles. The zero-order valence-electron chi connectivity index (χ0n) is 36.9. The summed E-state index contributed by atoms with van der Waals surface area (Å²) < 4.78 is 23.5. The van der Waals surface area contributed by atoms with Gasteiger partial charge in [-0.1, -0.05) is 20.8 Å². The molecule has 2 fully saturated rings. The zero-order valence-corrected chi connectivity index (χ0v) is 36.9. The van der Waals surface area contributed by atoms with Gasteiger partial charge in [-0.25, -0.2) is 0 Å². The number of fused-ring (bicyclic) bond motifs is 12. The monoisotopic (exact) mass is 864 g/mol. The number of likely N-dealkylation sites (N-methyl/N-ethyl adjacent to an activating group) is 1. The molecule has 7 rings (SSSR count). The fourth-order valence-corrected chi connectivity index (χ4v) is 9.10. The number of ketones is 4. The van der Waals surface area contributed by atoms with E-state index in [1.54, 1.807) is 20.8 Å². The van der Waals surface area contributed by atoms with Crippen LogP contribution in [0.25, 0.3) is 0 Å².